The smallest absolute Gasteiger partial charge is 0.0345 e. The predicted octanol–water partition coefficient (Wildman–Crippen LogP) is -1.43. The van der Waals surface area contributed by atoms with E-state index in [4.69, 9.17) is 11.5 Å². The third-order valence-electron chi connectivity index (χ3n) is 4.42. The molecule has 6 nitrogen and oxygen atoms in total. The fourth-order valence-corrected chi connectivity index (χ4v) is 2.61. The Hall–Kier alpha value is -0.240. The number of nitrogens with one attached hydrogen (secondary N) is 4. The summed E-state index contributed by atoms with van der Waals surface area (Å²) in [4.78, 5) is 0. The van der Waals surface area contributed by atoms with Crippen molar-refractivity contribution in [3.63, 3.8) is 0 Å². The van der Waals surface area contributed by atoms with Crippen molar-refractivity contribution in [1.82, 2.24) is 21.3 Å². The molecule has 8 N–H and O–H groups in total. The van der Waals surface area contributed by atoms with Gasteiger partial charge in [0.1, 0.15) is 0 Å². The molecule has 0 saturated carbocycles. The van der Waals surface area contributed by atoms with Crippen LogP contribution in [0.5, 0.6) is 0 Å². The molecule has 20 heavy (non-hydrogen) atoms. The van der Waals surface area contributed by atoms with E-state index >= 15 is 0 Å². The Balaban J connectivity index is 2.55. The van der Waals surface area contributed by atoms with E-state index in [2.05, 4.69) is 49.0 Å². The van der Waals surface area contributed by atoms with Crippen LogP contribution in [0.2, 0.25) is 0 Å². The second kappa shape index (κ2) is 8.92. The monoisotopic (exact) mass is 286 g/mol. The molecule has 0 amide bonds. The zero-order valence-corrected chi connectivity index (χ0v) is 13.4. The maximum Gasteiger partial charge on any atom is 0.0345 e. The second-order valence-electron chi connectivity index (χ2n) is 6.13. The van der Waals surface area contributed by atoms with E-state index in [-0.39, 0.29) is 36.3 Å². The quantitative estimate of drug-likeness (QED) is 0.326. The predicted molar refractivity (Wildman–Crippen MR) is 85.8 cm³/mol. The highest BCUT2D eigenvalue weighted by Gasteiger charge is 2.21. The average molecular weight is 286 g/mol. The van der Waals surface area contributed by atoms with Gasteiger partial charge in [-0.25, -0.2) is 0 Å². The fourth-order valence-electron chi connectivity index (χ4n) is 2.61. The van der Waals surface area contributed by atoms with Crippen molar-refractivity contribution < 1.29 is 0 Å². The maximum absolute atomic E-state index is 6.26. The SMILES string of the molecule is C[C@@H]1NCCN[C@H](C)C(N)[C@@H](C)NCCN[C@@H](C)C1N. The van der Waals surface area contributed by atoms with Crippen LogP contribution >= 0.6 is 0 Å². The Labute approximate surface area is 123 Å². The minimum absolute atomic E-state index is 0.107. The van der Waals surface area contributed by atoms with Crippen molar-refractivity contribution in [3.05, 3.63) is 0 Å². The Bertz CT molecular complexity index is 212. The van der Waals surface area contributed by atoms with Gasteiger partial charge in [0.25, 0.3) is 0 Å². The topological polar surface area (TPSA) is 100 Å². The molecule has 1 heterocycles. The first-order chi connectivity index (χ1) is 9.43. The molecule has 0 radical (unpaired) electrons. The van der Waals surface area contributed by atoms with Crippen LogP contribution < -0.4 is 32.7 Å². The van der Waals surface area contributed by atoms with Crippen LogP contribution in [0, 0.1) is 0 Å². The summed E-state index contributed by atoms with van der Waals surface area (Å²) >= 11 is 0. The van der Waals surface area contributed by atoms with E-state index in [1.807, 2.05) is 0 Å². The summed E-state index contributed by atoms with van der Waals surface area (Å²) in [5.74, 6) is 0. The van der Waals surface area contributed by atoms with Gasteiger partial charge in [0.15, 0.2) is 0 Å². The standard InChI is InChI=1S/C14H34N6/c1-9-13(15)10(2)18-7-8-20-12(4)14(16)11(3)19-6-5-17-9/h9-14,17-20H,5-8,15-16H2,1-4H3/t9-,10-,11+,12+,13?,14?. The average Bonchev–Trinajstić information content (AvgIpc) is 2.44. The van der Waals surface area contributed by atoms with Crippen LogP contribution in [0.4, 0.5) is 0 Å². The van der Waals surface area contributed by atoms with Crippen molar-refractivity contribution in [2.24, 2.45) is 11.5 Å². The summed E-state index contributed by atoms with van der Waals surface area (Å²) in [6, 6.07) is 1.37. The molecule has 0 aromatic carbocycles. The molecule has 1 aliphatic rings. The van der Waals surface area contributed by atoms with E-state index in [9.17, 15) is 0 Å². The zero-order chi connectivity index (χ0) is 15.1. The molecular weight excluding hydrogens is 252 g/mol. The first-order valence-corrected chi connectivity index (χ1v) is 7.88. The highest BCUT2D eigenvalue weighted by molar-refractivity contribution is 4.88. The lowest BCUT2D eigenvalue weighted by atomic mass is 10.0. The molecule has 120 valence electrons. The molecule has 1 saturated heterocycles. The Kier molecular flexibility index (Phi) is 7.94. The molecule has 0 spiro atoms. The molecular formula is C14H34N6. The molecule has 0 aliphatic carbocycles. The highest BCUT2D eigenvalue weighted by Crippen LogP contribution is 1.99. The maximum atomic E-state index is 6.26. The zero-order valence-electron chi connectivity index (χ0n) is 13.4. The Morgan fingerprint density at radius 2 is 0.750 bits per heavy atom. The third-order valence-corrected chi connectivity index (χ3v) is 4.42. The van der Waals surface area contributed by atoms with E-state index in [1.54, 1.807) is 0 Å². The van der Waals surface area contributed by atoms with Gasteiger partial charge in [0.2, 0.25) is 0 Å². The summed E-state index contributed by atoms with van der Waals surface area (Å²) in [6.07, 6.45) is 0. The van der Waals surface area contributed by atoms with Crippen LogP contribution in [0.3, 0.4) is 0 Å². The number of hydrogen-bond acceptors (Lipinski definition) is 6. The van der Waals surface area contributed by atoms with Crippen molar-refractivity contribution in [3.8, 4) is 0 Å². The van der Waals surface area contributed by atoms with Crippen LogP contribution in [0.15, 0.2) is 0 Å². The first-order valence-electron chi connectivity index (χ1n) is 7.88. The Morgan fingerprint density at radius 1 is 0.550 bits per heavy atom. The van der Waals surface area contributed by atoms with E-state index in [0.717, 1.165) is 26.2 Å². The lowest BCUT2D eigenvalue weighted by Crippen LogP contribution is -2.58. The Morgan fingerprint density at radius 3 is 0.950 bits per heavy atom. The number of nitrogens with two attached hydrogens (primary N) is 2. The molecule has 4 atom stereocenters. The van der Waals surface area contributed by atoms with Crippen LogP contribution in [-0.2, 0) is 0 Å². The molecule has 1 fully saturated rings. The van der Waals surface area contributed by atoms with Crippen molar-refractivity contribution in [2.45, 2.75) is 63.9 Å². The lowest BCUT2D eigenvalue weighted by molar-refractivity contribution is 0.332. The van der Waals surface area contributed by atoms with Gasteiger partial charge >= 0.3 is 0 Å². The van der Waals surface area contributed by atoms with E-state index < -0.39 is 0 Å². The van der Waals surface area contributed by atoms with Crippen molar-refractivity contribution in [1.29, 1.82) is 0 Å². The minimum atomic E-state index is 0.107. The van der Waals surface area contributed by atoms with Crippen LogP contribution in [0.25, 0.3) is 0 Å². The lowest BCUT2D eigenvalue weighted by Gasteiger charge is -2.31. The molecule has 0 unspecified atom stereocenters. The van der Waals surface area contributed by atoms with Crippen LogP contribution in [0.1, 0.15) is 27.7 Å². The number of hydrogen-bond donors (Lipinski definition) is 6. The molecule has 1 rings (SSSR count). The minimum Gasteiger partial charge on any atom is -0.325 e. The summed E-state index contributed by atoms with van der Waals surface area (Å²) in [5.41, 5.74) is 12.5. The molecule has 0 aromatic rings. The fraction of sp³-hybridized carbons (Fsp3) is 1.00. The summed E-state index contributed by atoms with van der Waals surface area (Å²) < 4.78 is 0. The van der Waals surface area contributed by atoms with Gasteiger partial charge in [-0.1, -0.05) is 0 Å². The van der Waals surface area contributed by atoms with Gasteiger partial charge in [-0.05, 0) is 27.7 Å². The van der Waals surface area contributed by atoms with E-state index in [1.165, 1.54) is 0 Å². The molecule has 0 aromatic heterocycles. The summed E-state index contributed by atoms with van der Waals surface area (Å²) in [5, 5.41) is 13.9. The second-order valence-corrected chi connectivity index (χ2v) is 6.13. The first kappa shape index (κ1) is 17.8. The van der Waals surface area contributed by atoms with Gasteiger partial charge in [-0.15, -0.1) is 0 Å². The van der Waals surface area contributed by atoms with Gasteiger partial charge in [-0.3, -0.25) is 0 Å². The van der Waals surface area contributed by atoms with E-state index in [0.29, 0.717) is 0 Å². The molecule has 0 bridgehead atoms. The summed E-state index contributed by atoms with van der Waals surface area (Å²) in [7, 11) is 0. The highest BCUT2D eigenvalue weighted by atomic mass is 15.1. The number of rotatable bonds is 0. The van der Waals surface area contributed by atoms with Crippen molar-refractivity contribution >= 4 is 0 Å². The van der Waals surface area contributed by atoms with Gasteiger partial charge in [0, 0.05) is 62.4 Å². The normalized spacial score (nSPS) is 42.9. The van der Waals surface area contributed by atoms with Crippen molar-refractivity contribution in [2.75, 3.05) is 26.2 Å². The van der Waals surface area contributed by atoms with Gasteiger partial charge in [0.05, 0.1) is 0 Å². The van der Waals surface area contributed by atoms with Crippen LogP contribution in [-0.4, -0.2) is 62.4 Å². The van der Waals surface area contributed by atoms with Gasteiger partial charge in [-0.2, -0.15) is 0 Å². The third kappa shape index (κ3) is 5.63. The molecule has 1 aliphatic heterocycles. The van der Waals surface area contributed by atoms with Gasteiger partial charge < -0.3 is 32.7 Å². The molecule has 6 heteroatoms. The largest absolute Gasteiger partial charge is 0.325 e. The summed E-state index contributed by atoms with van der Waals surface area (Å²) in [6.45, 7) is 12.2.